The molecule has 3 nitrogen and oxygen atoms in total. The van der Waals surface area contributed by atoms with Gasteiger partial charge in [0.05, 0.1) is 6.10 Å². The van der Waals surface area contributed by atoms with E-state index in [0.29, 0.717) is 29.6 Å². The molecule has 0 aromatic rings. The molecule has 6 atom stereocenters. The number of esters is 1. The Labute approximate surface area is 238 Å². The van der Waals surface area contributed by atoms with Crippen LogP contribution in [0.2, 0.25) is 0 Å². The molecule has 3 rings (SSSR count). The van der Waals surface area contributed by atoms with E-state index in [0.717, 1.165) is 23.0 Å². The molecule has 0 bridgehead atoms. The lowest BCUT2D eigenvalue weighted by molar-refractivity contribution is -0.146. The number of carbonyl (C=O) groups excluding carboxylic acids is 1. The van der Waals surface area contributed by atoms with E-state index in [2.05, 4.69) is 90.6 Å². The summed E-state index contributed by atoms with van der Waals surface area (Å²) in [4.78, 5) is 11.5. The smallest absolute Gasteiger partial charge is 0.303 e. The van der Waals surface area contributed by atoms with Gasteiger partial charge in [0.25, 0.3) is 0 Å². The van der Waals surface area contributed by atoms with Gasteiger partial charge in [0.1, 0.15) is 6.10 Å². The van der Waals surface area contributed by atoms with Crippen molar-refractivity contribution in [3.63, 3.8) is 0 Å². The zero-order valence-electron chi connectivity index (χ0n) is 22.8. The number of ether oxygens (including phenoxy) is 1. The fraction of sp³-hybridized carbons (Fsp3) is 0.767. The van der Waals surface area contributed by atoms with Gasteiger partial charge in [0.2, 0.25) is 0 Å². The van der Waals surface area contributed by atoms with Crippen LogP contribution in [0.1, 0.15) is 106 Å². The lowest BCUT2D eigenvalue weighted by Crippen LogP contribution is -2.36. The number of rotatable bonds is 6. The zero-order valence-corrected chi connectivity index (χ0v) is 27.2. The van der Waals surface area contributed by atoms with Gasteiger partial charge in [-0.05, 0) is 84.7 Å². The van der Waals surface area contributed by atoms with Crippen molar-refractivity contribution in [2.24, 2.45) is 28.6 Å². The van der Waals surface area contributed by atoms with Crippen LogP contribution in [0, 0.1) is 28.6 Å². The van der Waals surface area contributed by atoms with Gasteiger partial charge in [-0.15, -0.1) is 0 Å². The minimum absolute atomic E-state index is 0.315. The molecule has 5 heteroatoms. The van der Waals surface area contributed by atoms with Crippen LogP contribution in [0.3, 0.4) is 0 Å². The lowest BCUT2D eigenvalue weighted by atomic mass is 9.60. The first-order chi connectivity index (χ1) is 16.4. The summed E-state index contributed by atoms with van der Waals surface area (Å²) in [6.45, 7) is 17.8. The van der Waals surface area contributed by atoms with Crippen molar-refractivity contribution in [1.29, 1.82) is 0 Å². The second kappa shape index (κ2) is 13.8. The second-order valence-electron chi connectivity index (χ2n) is 12.7. The van der Waals surface area contributed by atoms with E-state index in [-0.39, 0.29) is 5.97 Å². The molecule has 0 aliphatic heterocycles. The number of carbonyl (C=O) groups is 1. The molecule has 0 aromatic heterocycles. The predicted octanol–water partition coefficient (Wildman–Crippen LogP) is 9.32. The van der Waals surface area contributed by atoms with Gasteiger partial charge in [0, 0.05) is 50.6 Å². The van der Waals surface area contributed by atoms with Crippen LogP contribution in [-0.4, -0.2) is 23.3 Å². The Morgan fingerprint density at radius 3 is 2.60 bits per heavy atom. The fourth-order valence-electron chi connectivity index (χ4n) is 7.14. The Morgan fingerprint density at radius 1 is 1.29 bits per heavy atom. The first kappa shape index (κ1) is 31.3. The third-order valence-corrected chi connectivity index (χ3v) is 8.86. The molecule has 0 amide bonds. The van der Waals surface area contributed by atoms with Crippen molar-refractivity contribution in [2.45, 2.75) is 118 Å². The highest BCUT2D eigenvalue weighted by atomic mass is 128. The molecule has 0 heterocycles. The Balaban J connectivity index is 0.00000210. The molecule has 0 spiro atoms. The molecule has 200 valence electrons. The Morgan fingerprint density at radius 2 is 1.97 bits per heavy atom. The lowest BCUT2D eigenvalue weighted by Gasteiger charge is -2.44. The van der Waals surface area contributed by atoms with E-state index in [9.17, 15) is 9.90 Å². The van der Waals surface area contributed by atoms with E-state index < -0.39 is 12.2 Å². The summed E-state index contributed by atoms with van der Waals surface area (Å²) in [5.74, 6) is 1.96. The standard InChI is InChI=1S/C30H48O3.I2/c1-20(10-8-16-29(4,5)6)26-14-15-27-23(11-9-17-30(26,27)7)12-13-24-18-25(32)19-28(21(24)2)33-22(3)31;1-2/h12-13,20,25-28,32H,2,8-11,14-19H2,1,3-7H3;/b23-12+,24-13-;/t20-,25?,26?,27?,28-,30?;/m0./s1. The SMILES string of the molecule is C=C1/C(=C\C=C2/CCCC3(C)C2CCC3[C@@H](C)CCCC(C)(C)C)CC(O)C[C@@H]1OC(C)=O.II. The number of hydrogen-bond acceptors (Lipinski definition) is 3. The maximum absolute atomic E-state index is 11.5. The number of aliphatic hydroxyl groups is 1. The number of allylic oxidation sites excluding steroid dienone is 3. The fourth-order valence-corrected chi connectivity index (χ4v) is 7.14. The average Bonchev–Trinajstić information content (AvgIpc) is 3.12. The van der Waals surface area contributed by atoms with Gasteiger partial charge in [-0.1, -0.05) is 71.8 Å². The van der Waals surface area contributed by atoms with E-state index in [1.54, 1.807) is 5.57 Å². The molecule has 0 radical (unpaired) electrons. The quantitative estimate of drug-likeness (QED) is 0.221. The maximum atomic E-state index is 11.5. The van der Waals surface area contributed by atoms with E-state index >= 15 is 0 Å². The summed E-state index contributed by atoms with van der Waals surface area (Å²) in [6.07, 6.45) is 15.1. The molecule has 35 heavy (non-hydrogen) atoms. The van der Waals surface area contributed by atoms with Crippen LogP contribution in [0.15, 0.2) is 35.5 Å². The third-order valence-electron chi connectivity index (χ3n) is 8.86. The van der Waals surface area contributed by atoms with E-state index in [1.807, 2.05) is 0 Å². The van der Waals surface area contributed by atoms with Crippen LogP contribution < -0.4 is 0 Å². The summed E-state index contributed by atoms with van der Waals surface area (Å²) in [6, 6.07) is 0. The van der Waals surface area contributed by atoms with Crippen LogP contribution >= 0.6 is 37.2 Å². The van der Waals surface area contributed by atoms with Gasteiger partial charge >= 0.3 is 5.97 Å². The first-order valence-electron chi connectivity index (χ1n) is 13.5. The van der Waals surface area contributed by atoms with Crippen molar-refractivity contribution in [3.8, 4) is 0 Å². The predicted molar refractivity (Wildman–Crippen MR) is 165 cm³/mol. The van der Waals surface area contributed by atoms with E-state index in [1.165, 1.54) is 58.3 Å². The number of halogens is 2. The van der Waals surface area contributed by atoms with Crippen molar-refractivity contribution in [3.05, 3.63) is 35.5 Å². The summed E-state index contributed by atoms with van der Waals surface area (Å²) in [7, 11) is 0. The van der Waals surface area contributed by atoms with Crippen molar-refractivity contribution in [2.75, 3.05) is 0 Å². The van der Waals surface area contributed by atoms with Gasteiger partial charge in [0.15, 0.2) is 0 Å². The molecule has 1 N–H and O–H groups in total. The summed E-state index contributed by atoms with van der Waals surface area (Å²) >= 11 is 4.24. The zero-order chi connectivity index (χ0) is 26.4. The highest BCUT2D eigenvalue weighted by Crippen LogP contribution is 2.60. The second-order valence-corrected chi connectivity index (χ2v) is 12.7. The molecule has 3 aliphatic rings. The number of aliphatic hydroxyl groups excluding tert-OH is 1. The Hall–Kier alpha value is 0.110. The van der Waals surface area contributed by atoms with Gasteiger partial charge in [-0.3, -0.25) is 4.79 Å². The molecular weight excluding hydrogens is 662 g/mol. The van der Waals surface area contributed by atoms with E-state index in [4.69, 9.17) is 4.74 Å². The molecular formula is C30H48I2O3. The van der Waals surface area contributed by atoms with Crippen molar-refractivity contribution in [1.82, 2.24) is 0 Å². The Bertz CT molecular complexity index is 794. The van der Waals surface area contributed by atoms with Crippen molar-refractivity contribution >= 4 is 43.2 Å². The molecule has 4 unspecified atom stereocenters. The molecule has 3 saturated carbocycles. The van der Waals surface area contributed by atoms with Gasteiger partial charge < -0.3 is 9.84 Å². The first-order valence-corrected chi connectivity index (χ1v) is 19.8. The monoisotopic (exact) mass is 710 g/mol. The van der Waals surface area contributed by atoms with Gasteiger partial charge in [-0.2, -0.15) is 0 Å². The Kier molecular flexibility index (Phi) is 12.3. The molecule has 3 aliphatic carbocycles. The van der Waals surface area contributed by atoms with Crippen LogP contribution in [0.5, 0.6) is 0 Å². The summed E-state index contributed by atoms with van der Waals surface area (Å²) < 4.78 is 5.41. The largest absolute Gasteiger partial charge is 0.458 e. The maximum Gasteiger partial charge on any atom is 0.303 e. The number of fused-ring (bicyclic) bond motifs is 1. The number of hydrogen-bond donors (Lipinski definition) is 1. The molecule has 0 aromatic carbocycles. The highest BCUT2D eigenvalue weighted by molar-refractivity contribution is 15.0. The minimum Gasteiger partial charge on any atom is -0.458 e. The van der Waals surface area contributed by atoms with Crippen LogP contribution in [0.25, 0.3) is 0 Å². The normalized spacial score (nSPS) is 34.3. The third kappa shape index (κ3) is 8.56. The van der Waals surface area contributed by atoms with Gasteiger partial charge in [-0.25, -0.2) is 0 Å². The minimum atomic E-state index is -0.481. The van der Waals surface area contributed by atoms with Crippen molar-refractivity contribution < 1.29 is 14.6 Å². The highest BCUT2D eigenvalue weighted by Gasteiger charge is 2.50. The topological polar surface area (TPSA) is 46.5 Å². The molecule has 3 fully saturated rings. The molecule has 0 saturated heterocycles. The average molecular weight is 711 g/mol. The van der Waals surface area contributed by atoms with Crippen LogP contribution in [-0.2, 0) is 9.53 Å². The van der Waals surface area contributed by atoms with Crippen LogP contribution in [0.4, 0.5) is 0 Å². The summed E-state index contributed by atoms with van der Waals surface area (Å²) in [5.41, 5.74) is 4.30. The summed E-state index contributed by atoms with van der Waals surface area (Å²) in [5, 5.41) is 10.3.